The Bertz CT molecular complexity index is 576. The number of H-pyrrole nitrogens is 1. The highest BCUT2D eigenvalue weighted by molar-refractivity contribution is 7.99. The fourth-order valence-electron chi connectivity index (χ4n) is 2.83. The molecule has 20 heavy (non-hydrogen) atoms. The van der Waals surface area contributed by atoms with Crippen molar-refractivity contribution in [2.45, 2.75) is 35.6 Å². The van der Waals surface area contributed by atoms with Gasteiger partial charge >= 0.3 is 0 Å². The van der Waals surface area contributed by atoms with Crippen molar-refractivity contribution in [2.75, 3.05) is 0 Å². The van der Waals surface area contributed by atoms with Crippen LogP contribution in [0.25, 0.3) is 0 Å². The number of hydrogen-bond donors (Lipinski definition) is 1. The fourth-order valence-corrected chi connectivity index (χ4v) is 4.02. The molecule has 1 N–H and O–H groups in total. The van der Waals surface area contributed by atoms with Crippen LogP contribution in [0.1, 0.15) is 30.7 Å². The monoisotopic (exact) mass is 284 g/mol. The first-order valence-corrected chi connectivity index (χ1v) is 7.71. The van der Waals surface area contributed by atoms with Gasteiger partial charge in [0.05, 0.1) is 12.0 Å². The first-order chi connectivity index (χ1) is 9.86. The summed E-state index contributed by atoms with van der Waals surface area (Å²) < 4.78 is 0. The van der Waals surface area contributed by atoms with E-state index in [-0.39, 0.29) is 11.2 Å². The zero-order valence-electron chi connectivity index (χ0n) is 11.1. The van der Waals surface area contributed by atoms with Crippen LogP contribution in [0.5, 0.6) is 0 Å². The maximum atomic E-state index is 9.34. The van der Waals surface area contributed by atoms with Gasteiger partial charge in [-0.2, -0.15) is 10.4 Å². The van der Waals surface area contributed by atoms with E-state index in [4.69, 9.17) is 0 Å². The molecule has 1 saturated carbocycles. The van der Waals surface area contributed by atoms with Gasteiger partial charge in [-0.3, -0.25) is 5.10 Å². The summed E-state index contributed by atoms with van der Waals surface area (Å²) in [5.41, 5.74) is 1.38. The van der Waals surface area contributed by atoms with Gasteiger partial charge in [0.1, 0.15) is 6.33 Å². The van der Waals surface area contributed by atoms with E-state index in [2.05, 4.69) is 45.5 Å². The molecule has 1 aromatic heterocycles. The highest BCUT2D eigenvalue weighted by Crippen LogP contribution is 2.42. The Hall–Kier alpha value is -1.80. The SMILES string of the molecule is N#CC1CCC(c2ccccc2)CC1Sc1ncn[nH]1. The summed E-state index contributed by atoms with van der Waals surface area (Å²) in [6.07, 6.45) is 4.59. The number of thioether (sulfide) groups is 1. The standard InChI is InChI=1S/C15H16N4S/c16-9-13-7-6-12(11-4-2-1-3-5-11)8-14(13)20-15-17-10-18-19-15/h1-5,10,12-14H,6-8H2,(H,17,18,19). The topological polar surface area (TPSA) is 65.4 Å². The van der Waals surface area contributed by atoms with E-state index in [1.807, 2.05) is 6.07 Å². The van der Waals surface area contributed by atoms with Crippen LogP contribution in [0.4, 0.5) is 0 Å². The molecule has 0 radical (unpaired) electrons. The Morgan fingerprint density at radius 2 is 2.10 bits per heavy atom. The summed E-state index contributed by atoms with van der Waals surface area (Å²) in [6.45, 7) is 0. The molecule has 1 heterocycles. The Morgan fingerprint density at radius 3 is 2.80 bits per heavy atom. The zero-order chi connectivity index (χ0) is 13.8. The Labute approximate surface area is 122 Å². The van der Waals surface area contributed by atoms with Crippen LogP contribution < -0.4 is 0 Å². The van der Waals surface area contributed by atoms with Crippen LogP contribution in [-0.2, 0) is 0 Å². The van der Waals surface area contributed by atoms with Crippen LogP contribution in [0.2, 0.25) is 0 Å². The van der Waals surface area contributed by atoms with Gasteiger partial charge in [-0.15, -0.1) is 0 Å². The molecule has 0 saturated heterocycles. The van der Waals surface area contributed by atoms with Crippen LogP contribution in [0, 0.1) is 17.2 Å². The number of benzene rings is 1. The van der Waals surface area contributed by atoms with Crippen molar-refractivity contribution < 1.29 is 0 Å². The number of aromatic amines is 1. The van der Waals surface area contributed by atoms with Crippen LogP contribution in [-0.4, -0.2) is 20.4 Å². The molecule has 2 aromatic rings. The lowest BCUT2D eigenvalue weighted by Gasteiger charge is -2.32. The lowest BCUT2D eigenvalue weighted by molar-refractivity contribution is 0.393. The minimum Gasteiger partial charge on any atom is -0.254 e. The van der Waals surface area contributed by atoms with Gasteiger partial charge in [-0.25, -0.2) is 4.98 Å². The van der Waals surface area contributed by atoms with Crippen molar-refractivity contribution in [3.05, 3.63) is 42.2 Å². The fraction of sp³-hybridized carbons (Fsp3) is 0.400. The number of nitriles is 1. The van der Waals surface area contributed by atoms with E-state index in [1.54, 1.807) is 11.8 Å². The second kappa shape index (κ2) is 6.10. The number of nitrogens with one attached hydrogen (secondary N) is 1. The molecule has 0 amide bonds. The maximum absolute atomic E-state index is 9.34. The third-order valence-corrected chi connectivity index (χ3v) is 5.13. The van der Waals surface area contributed by atoms with E-state index >= 15 is 0 Å². The molecule has 1 aliphatic rings. The average Bonchev–Trinajstić information content (AvgIpc) is 3.01. The van der Waals surface area contributed by atoms with E-state index in [1.165, 1.54) is 11.9 Å². The highest BCUT2D eigenvalue weighted by Gasteiger charge is 2.32. The molecule has 3 rings (SSSR count). The van der Waals surface area contributed by atoms with Gasteiger partial charge in [-0.05, 0) is 30.7 Å². The van der Waals surface area contributed by atoms with Crippen molar-refractivity contribution in [3.63, 3.8) is 0 Å². The molecular formula is C15H16N4S. The molecule has 4 nitrogen and oxygen atoms in total. The van der Waals surface area contributed by atoms with E-state index in [0.29, 0.717) is 5.92 Å². The molecule has 1 aliphatic carbocycles. The van der Waals surface area contributed by atoms with Gasteiger partial charge < -0.3 is 0 Å². The predicted octanol–water partition coefficient (Wildman–Crippen LogP) is 3.37. The zero-order valence-corrected chi connectivity index (χ0v) is 11.9. The summed E-state index contributed by atoms with van der Waals surface area (Å²) >= 11 is 1.65. The van der Waals surface area contributed by atoms with Gasteiger partial charge in [0.25, 0.3) is 0 Å². The minimum absolute atomic E-state index is 0.102. The summed E-state index contributed by atoms with van der Waals surface area (Å²) in [4.78, 5) is 4.16. The lowest BCUT2D eigenvalue weighted by atomic mass is 9.79. The third-order valence-electron chi connectivity index (χ3n) is 3.88. The van der Waals surface area contributed by atoms with Crippen molar-refractivity contribution in [1.82, 2.24) is 15.2 Å². The quantitative estimate of drug-likeness (QED) is 0.938. The normalized spacial score (nSPS) is 26.1. The number of nitrogens with zero attached hydrogens (tertiary/aromatic N) is 3. The Morgan fingerprint density at radius 1 is 1.25 bits per heavy atom. The van der Waals surface area contributed by atoms with Gasteiger partial charge in [0.15, 0.2) is 5.16 Å². The molecule has 5 heteroatoms. The highest BCUT2D eigenvalue weighted by atomic mass is 32.2. The van der Waals surface area contributed by atoms with Gasteiger partial charge in [0, 0.05) is 5.25 Å². The number of aromatic nitrogens is 3. The average molecular weight is 284 g/mol. The summed E-state index contributed by atoms with van der Waals surface area (Å²) in [5.74, 6) is 0.645. The summed E-state index contributed by atoms with van der Waals surface area (Å²) in [5, 5.41) is 17.2. The largest absolute Gasteiger partial charge is 0.254 e. The van der Waals surface area contributed by atoms with Crippen LogP contribution >= 0.6 is 11.8 Å². The molecule has 0 aliphatic heterocycles. The van der Waals surface area contributed by atoms with Gasteiger partial charge in [-0.1, -0.05) is 42.1 Å². The molecular weight excluding hydrogens is 268 g/mol. The van der Waals surface area contributed by atoms with E-state index in [0.717, 1.165) is 24.4 Å². The Balaban J connectivity index is 1.74. The maximum Gasteiger partial charge on any atom is 0.183 e. The molecule has 0 bridgehead atoms. The minimum atomic E-state index is 0.102. The van der Waals surface area contributed by atoms with Crippen LogP contribution in [0.3, 0.4) is 0 Å². The molecule has 1 aromatic carbocycles. The molecule has 3 atom stereocenters. The smallest absolute Gasteiger partial charge is 0.183 e. The summed E-state index contributed by atoms with van der Waals surface area (Å²) in [7, 11) is 0. The molecule has 3 unspecified atom stereocenters. The molecule has 0 spiro atoms. The molecule has 102 valence electrons. The van der Waals surface area contributed by atoms with Crippen molar-refractivity contribution in [3.8, 4) is 6.07 Å². The van der Waals surface area contributed by atoms with Crippen molar-refractivity contribution in [2.24, 2.45) is 5.92 Å². The predicted molar refractivity (Wildman–Crippen MR) is 78.2 cm³/mol. The number of hydrogen-bond acceptors (Lipinski definition) is 4. The van der Waals surface area contributed by atoms with E-state index in [9.17, 15) is 5.26 Å². The van der Waals surface area contributed by atoms with E-state index < -0.39 is 0 Å². The van der Waals surface area contributed by atoms with Crippen molar-refractivity contribution >= 4 is 11.8 Å². The molecule has 1 fully saturated rings. The number of rotatable bonds is 3. The van der Waals surface area contributed by atoms with Gasteiger partial charge in [0.2, 0.25) is 0 Å². The van der Waals surface area contributed by atoms with Crippen molar-refractivity contribution in [1.29, 1.82) is 5.26 Å². The summed E-state index contributed by atoms with van der Waals surface area (Å²) in [6, 6.07) is 13.1. The van der Waals surface area contributed by atoms with Crippen LogP contribution in [0.15, 0.2) is 41.8 Å². The second-order valence-electron chi connectivity index (χ2n) is 5.10. The lowest BCUT2D eigenvalue weighted by Crippen LogP contribution is -2.25. The Kier molecular flexibility index (Phi) is 4.03. The second-order valence-corrected chi connectivity index (χ2v) is 6.33. The first-order valence-electron chi connectivity index (χ1n) is 6.83. The first kappa shape index (κ1) is 13.2. The third kappa shape index (κ3) is 2.86.